The van der Waals surface area contributed by atoms with Gasteiger partial charge in [-0.2, -0.15) is 0 Å². The second-order valence-electron chi connectivity index (χ2n) is 33.5. The van der Waals surface area contributed by atoms with Crippen LogP contribution < -0.4 is 25.5 Å². The lowest BCUT2D eigenvalue weighted by Gasteiger charge is -2.57. The first-order valence-corrected chi connectivity index (χ1v) is 33.3. The highest BCUT2D eigenvalue weighted by Gasteiger charge is 2.54. The predicted molar refractivity (Wildman–Crippen MR) is 355 cm³/mol. The molecule has 7 aromatic rings. The molecule has 4 saturated carbocycles. The molecule has 4 bridgehead atoms. The van der Waals surface area contributed by atoms with Gasteiger partial charge in [-0.25, -0.2) is 0 Å². The van der Waals surface area contributed by atoms with Gasteiger partial charge >= 0.3 is 0 Å². The van der Waals surface area contributed by atoms with E-state index >= 15 is 0 Å². The summed E-state index contributed by atoms with van der Waals surface area (Å²) >= 11 is 2.13. The highest BCUT2D eigenvalue weighted by molar-refractivity contribution is 7.33. The molecule has 82 heavy (non-hydrogen) atoms. The minimum absolute atomic E-state index is 0.0525. The van der Waals surface area contributed by atoms with E-state index in [1.807, 2.05) is 0 Å². The second kappa shape index (κ2) is 17.5. The van der Waals surface area contributed by atoms with Crippen molar-refractivity contribution < 1.29 is 0 Å². The van der Waals surface area contributed by atoms with Crippen LogP contribution in [0.4, 0.5) is 28.4 Å². The molecule has 424 valence electrons. The number of thiophene rings is 1. The molecule has 3 heterocycles. The van der Waals surface area contributed by atoms with Gasteiger partial charge in [0.2, 0.25) is 0 Å². The number of hydrogen-bond donors (Lipinski definition) is 0. The van der Waals surface area contributed by atoms with Crippen LogP contribution in [0.5, 0.6) is 0 Å². The van der Waals surface area contributed by atoms with Crippen molar-refractivity contribution in [1.29, 1.82) is 0 Å². The third-order valence-corrected chi connectivity index (χ3v) is 25.3. The molecule has 16 rings (SSSR count). The van der Waals surface area contributed by atoms with Gasteiger partial charge in [-0.05, 0) is 259 Å². The van der Waals surface area contributed by atoms with E-state index < -0.39 is 0 Å². The van der Waals surface area contributed by atoms with Gasteiger partial charge in [-0.15, -0.1) is 11.3 Å². The number of nitrogens with zero attached hydrogens (tertiary/aromatic N) is 2. The maximum atomic E-state index is 2.94. The van der Waals surface area contributed by atoms with Crippen LogP contribution in [-0.4, -0.2) is 13.3 Å². The van der Waals surface area contributed by atoms with E-state index in [4.69, 9.17) is 0 Å². The zero-order valence-corrected chi connectivity index (χ0v) is 53.6. The molecule has 1 aromatic heterocycles. The van der Waals surface area contributed by atoms with Crippen LogP contribution in [0.2, 0.25) is 0 Å². The van der Waals surface area contributed by atoms with Crippen molar-refractivity contribution in [3.05, 3.63) is 153 Å². The first-order chi connectivity index (χ1) is 38.6. The zero-order valence-electron chi connectivity index (χ0n) is 52.8. The summed E-state index contributed by atoms with van der Waals surface area (Å²) < 4.78 is 2.99. The molecular formula is C78H93BN2S. The maximum Gasteiger partial charge on any atom is 0.264 e. The van der Waals surface area contributed by atoms with Crippen LogP contribution in [0.3, 0.4) is 0 Å². The van der Waals surface area contributed by atoms with E-state index in [0.717, 1.165) is 30.7 Å². The van der Waals surface area contributed by atoms with Crippen molar-refractivity contribution in [2.45, 2.75) is 231 Å². The quantitative estimate of drug-likeness (QED) is 0.153. The van der Waals surface area contributed by atoms with Gasteiger partial charge in [0.15, 0.2) is 0 Å². The summed E-state index contributed by atoms with van der Waals surface area (Å²) in [5, 5.41) is 1.45. The molecule has 6 aromatic carbocycles. The van der Waals surface area contributed by atoms with Crippen LogP contribution in [-0.2, 0) is 49.7 Å². The molecule has 0 saturated heterocycles. The fourth-order valence-corrected chi connectivity index (χ4v) is 20.4. The van der Waals surface area contributed by atoms with E-state index in [9.17, 15) is 0 Å². The van der Waals surface area contributed by atoms with Crippen molar-refractivity contribution in [3.63, 3.8) is 0 Å². The largest absolute Gasteiger partial charge is 0.342 e. The summed E-state index contributed by atoms with van der Waals surface area (Å²) in [6.07, 6.45) is 16.6. The lowest BCUT2D eigenvalue weighted by atomic mass is 9.35. The molecule has 2 aliphatic heterocycles. The van der Waals surface area contributed by atoms with E-state index in [1.54, 1.807) is 38.9 Å². The van der Waals surface area contributed by atoms with Crippen LogP contribution >= 0.6 is 11.3 Å². The van der Waals surface area contributed by atoms with Gasteiger partial charge in [-0.3, -0.25) is 0 Å². The monoisotopic (exact) mass is 1100 g/mol. The van der Waals surface area contributed by atoms with Gasteiger partial charge in [-0.1, -0.05) is 165 Å². The van der Waals surface area contributed by atoms with E-state index in [-0.39, 0.29) is 50.0 Å². The Labute approximate surface area is 498 Å². The third kappa shape index (κ3) is 8.03. The highest BCUT2D eigenvalue weighted by Crippen LogP contribution is 2.63. The summed E-state index contributed by atoms with van der Waals surface area (Å²) in [4.78, 5) is 5.79. The number of fused-ring (bicyclic) bond motifs is 9. The fourth-order valence-electron chi connectivity index (χ4n) is 19.1. The van der Waals surface area contributed by atoms with Crippen molar-refractivity contribution in [2.24, 2.45) is 17.8 Å². The average molecular weight is 1100 g/mol. The minimum atomic E-state index is 0.0525. The molecule has 0 unspecified atom stereocenters. The smallest absolute Gasteiger partial charge is 0.264 e. The number of hydrogen-bond acceptors (Lipinski definition) is 3. The van der Waals surface area contributed by atoms with E-state index in [1.165, 1.54) is 154 Å². The zero-order chi connectivity index (χ0) is 57.2. The molecule has 0 radical (unpaired) electrons. The molecule has 2 nitrogen and oxygen atoms in total. The SMILES string of the molecule is CC(C)(C)c1ccc(N2c3cc(C45CC6CC(CC(C6)C4)C5)cc4c3B(c3cc5c(cc3N4CCc3cc4c(cc3-c3ccccc3)C(C)(C)CCC4(C)C)C(C)(C)CCC5(C)C)c3sc4cc5c(cc4c32)C(C)(C)CCC5(C)C)cc1. The summed E-state index contributed by atoms with van der Waals surface area (Å²) in [5.74, 6) is 2.55. The summed E-state index contributed by atoms with van der Waals surface area (Å²) in [6, 6.07) is 43.5. The Morgan fingerprint density at radius 3 is 1.59 bits per heavy atom. The molecule has 7 aliphatic carbocycles. The molecule has 4 fully saturated rings. The van der Waals surface area contributed by atoms with Gasteiger partial charge in [0.25, 0.3) is 6.71 Å². The molecule has 0 N–H and O–H groups in total. The number of benzene rings is 6. The van der Waals surface area contributed by atoms with Crippen molar-refractivity contribution in [3.8, 4) is 11.1 Å². The fraction of sp³-hybridized carbons (Fsp3) is 0.513. The minimum Gasteiger partial charge on any atom is -0.342 e. The second-order valence-corrected chi connectivity index (χ2v) is 34.6. The van der Waals surface area contributed by atoms with Gasteiger partial charge < -0.3 is 9.80 Å². The lowest BCUT2D eigenvalue weighted by Crippen LogP contribution is -2.62. The van der Waals surface area contributed by atoms with Crippen LogP contribution in [0, 0.1) is 17.8 Å². The Balaban J connectivity index is 1.03. The first kappa shape index (κ1) is 53.7. The van der Waals surface area contributed by atoms with Gasteiger partial charge in [0.1, 0.15) is 0 Å². The lowest BCUT2D eigenvalue weighted by molar-refractivity contribution is -0.00514. The normalized spacial score (nSPS) is 25.9. The topological polar surface area (TPSA) is 6.48 Å². The van der Waals surface area contributed by atoms with Crippen LogP contribution in [0.25, 0.3) is 21.2 Å². The van der Waals surface area contributed by atoms with Crippen LogP contribution in [0.15, 0.2) is 103 Å². The Morgan fingerprint density at radius 2 is 1.02 bits per heavy atom. The molecule has 4 heteroatoms. The van der Waals surface area contributed by atoms with Gasteiger partial charge in [0.05, 0.1) is 5.69 Å². The van der Waals surface area contributed by atoms with Crippen molar-refractivity contribution in [1.82, 2.24) is 0 Å². The average Bonchev–Trinajstić information content (AvgIpc) is 1.40. The summed E-state index contributed by atoms with van der Waals surface area (Å²) in [5.41, 5.74) is 27.7. The first-order valence-electron chi connectivity index (χ1n) is 32.5. The maximum absolute atomic E-state index is 2.94. The molecule has 0 spiro atoms. The summed E-state index contributed by atoms with van der Waals surface area (Å²) in [6.45, 7) is 38.5. The van der Waals surface area contributed by atoms with Crippen molar-refractivity contribution >= 4 is 72.3 Å². The third-order valence-electron chi connectivity index (χ3n) is 24.1. The molecule has 9 aliphatic rings. The van der Waals surface area contributed by atoms with E-state index in [0.29, 0.717) is 0 Å². The highest BCUT2D eigenvalue weighted by atomic mass is 32.1. The summed E-state index contributed by atoms with van der Waals surface area (Å²) in [7, 11) is 0. The number of rotatable bonds is 6. The molecule has 0 atom stereocenters. The van der Waals surface area contributed by atoms with E-state index in [2.05, 4.69) is 228 Å². The molecule has 0 amide bonds. The molecular weight excluding hydrogens is 1010 g/mol. The Kier molecular flexibility index (Phi) is 11.5. The Hall–Kier alpha value is -5.06. The predicted octanol–water partition coefficient (Wildman–Crippen LogP) is 19.4. The Morgan fingerprint density at radius 1 is 0.524 bits per heavy atom. The van der Waals surface area contributed by atoms with Crippen molar-refractivity contribution in [2.75, 3.05) is 16.3 Å². The van der Waals surface area contributed by atoms with Crippen LogP contribution in [0.1, 0.15) is 231 Å². The Bertz CT molecular complexity index is 3760. The standard InChI is InChI=1S/C78H93BN2S/c1-71(2,3)52-21-23-54(24-22-52)81-66-38-53(78-44-47-33-48(45-78)35-49(34-47)46-78)37-65-68(66)79(70-69(81)56-40-59-62(43-67(56)82-70)77(14,15)31-28-74(59,8)9)63-41-60-61(76(12,13)30-29-75(60,10)11)42-64(63)80(65)32-25-51-36-57-58(73(6,7)27-26-72(57,4)5)39-55(51)50-19-17-16-18-20-50/h16-24,36-43,47-49H,25-35,44-46H2,1-15H3. The number of anilines is 5. The van der Waals surface area contributed by atoms with Gasteiger partial charge in [0, 0.05) is 44.2 Å².